The van der Waals surface area contributed by atoms with Gasteiger partial charge in [-0.05, 0) is 81.8 Å². The zero-order chi connectivity index (χ0) is 35.4. The van der Waals surface area contributed by atoms with Crippen molar-refractivity contribution in [3.63, 3.8) is 0 Å². The van der Waals surface area contributed by atoms with Gasteiger partial charge in [-0.25, -0.2) is 9.59 Å². The van der Waals surface area contributed by atoms with Crippen LogP contribution in [0, 0.1) is 0 Å². The summed E-state index contributed by atoms with van der Waals surface area (Å²) in [4.78, 5) is 29.5. The Labute approximate surface area is 299 Å². The summed E-state index contributed by atoms with van der Waals surface area (Å²) in [6, 6.07) is 15.4. The molecular weight excluding hydrogens is 608 g/mol. The van der Waals surface area contributed by atoms with Gasteiger partial charge in [0.25, 0.3) is 0 Å². The third-order valence-corrected chi connectivity index (χ3v) is 9.08. The number of urea groups is 2. The van der Waals surface area contributed by atoms with Crippen molar-refractivity contribution in [2.75, 3.05) is 51.2 Å². The van der Waals surface area contributed by atoms with Gasteiger partial charge in [0, 0.05) is 11.4 Å². The number of unbranched alkanes of at least 4 members (excludes halogenated alkanes) is 16. The molecule has 4 amide bonds. The average Bonchev–Trinajstić information content (AvgIpc) is 3.08. The maximum absolute atomic E-state index is 12.6. The first-order valence-electron chi connectivity index (χ1n) is 19.5. The Bertz CT molecular complexity index is 1050. The van der Waals surface area contributed by atoms with Gasteiger partial charge in [-0.3, -0.25) is 9.80 Å². The van der Waals surface area contributed by atoms with Crippen molar-refractivity contribution >= 4 is 23.4 Å². The van der Waals surface area contributed by atoms with E-state index in [-0.39, 0.29) is 12.1 Å². The highest BCUT2D eigenvalue weighted by atomic mass is 16.2. The van der Waals surface area contributed by atoms with Crippen LogP contribution >= 0.6 is 0 Å². The van der Waals surface area contributed by atoms with E-state index in [2.05, 4.69) is 71.1 Å². The summed E-state index contributed by atoms with van der Waals surface area (Å²) in [6.45, 7) is 7.53. The molecular formula is C41H70N6O2. The number of benzene rings is 2. The summed E-state index contributed by atoms with van der Waals surface area (Å²) in [5.41, 5.74) is 3.69. The number of hydrogen-bond acceptors (Lipinski definition) is 4. The highest BCUT2D eigenvalue weighted by Crippen LogP contribution is 2.18. The first-order valence-corrected chi connectivity index (χ1v) is 19.5. The zero-order valence-electron chi connectivity index (χ0n) is 31.6. The van der Waals surface area contributed by atoms with Gasteiger partial charge < -0.3 is 21.3 Å². The highest BCUT2D eigenvalue weighted by Gasteiger charge is 2.08. The van der Waals surface area contributed by atoms with Crippen LogP contribution in [0.3, 0.4) is 0 Å². The fraction of sp³-hybridized carbons (Fsp3) is 0.659. The summed E-state index contributed by atoms with van der Waals surface area (Å²) in [5.74, 6) is 0. The Balaban J connectivity index is 1.63. The van der Waals surface area contributed by atoms with Crippen LogP contribution in [0.15, 0.2) is 48.5 Å². The SMILES string of the molecule is CCCCCCCCCCCN(C)CNC(=O)Nc1cccc(Cc2cccc(NC(=O)NCN(C)CCCCCCCCCCC)c2)c1. The minimum atomic E-state index is -0.202. The van der Waals surface area contributed by atoms with Crippen molar-refractivity contribution in [1.82, 2.24) is 20.4 Å². The van der Waals surface area contributed by atoms with Crippen LogP contribution in [0.25, 0.3) is 0 Å². The van der Waals surface area contributed by atoms with E-state index in [4.69, 9.17) is 0 Å². The number of hydrogen-bond donors (Lipinski definition) is 4. The molecule has 8 heteroatoms. The molecule has 2 aromatic carbocycles. The molecule has 0 spiro atoms. The number of amides is 4. The third kappa shape index (κ3) is 22.3. The first kappa shape index (κ1) is 42.1. The van der Waals surface area contributed by atoms with E-state index in [0.717, 1.165) is 48.4 Å². The Morgan fingerprint density at radius 1 is 0.510 bits per heavy atom. The van der Waals surface area contributed by atoms with Gasteiger partial charge in [-0.2, -0.15) is 0 Å². The molecule has 0 aliphatic rings. The molecule has 2 rings (SSSR count). The fourth-order valence-electron chi connectivity index (χ4n) is 6.06. The molecule has 0 aliphatic heterocycles. The van der Waals surface area contributed by atoms with E-state index in [9.17, 15) is 9.59 Å². The van der Waals surface area contributed by atoms with Crippen molar-refractivity contribution < 1.29 is 9.59 Å². The monoisotopic (exact) mass is 679 g/mol. The molecule has 0 saturated heterocycles. The Kier molecular flexibility index (Phi) is 23.8. The molecule has 0 aromatic heterocycles. The second kappa shape index (κ2) is 27.7. The molecule has 0 saturated carbocycles. The number of carbonyl (C=O) groups excluding carboxylic acids is 2. The Hall–Kier alpha value is -3.10. The van der Waals surface area contributed by atoms with Gasteiger partial charge >= 0.3 is 12.1 Å². The van der Waals surface area contributed by atoms with Gasteiger partial charge in [-0.1, -0.05) is 141 Å². The van der Waals surface area contributed by atoms with E-state index in [1.807, 2.05) is 36.4 Å². The van der Waals surface area contributed by atoms with Crippen LogP contribution in [-0.2, 0) is 6.42 Å². The molecule has 4 N–H and O–H groups in total. The molecule has 276 valence electrons. The predicted octanol–water partition coefficient (Wildman–Crippen LogP) is 10.4. The smallest absolute Gasteiger partial charge is 0.320 e. The normalized spacial score (nSPS) is 11.2. The summed E-state index contributed by atoms with van der Waals surface area (Å²) in [7, 11) is 4.10. The fourth-order valence-corrected chi connectivity index (χ4v) is 6.06. The standard InChI is InChI=1S/C41H70N6O2/c1-5-7-9-11-13-15-17-19-21-29-46(3)34-42-40(48)44-38-27-23-25-36(32-38)31-37-26-24-28-39(33-37)45-41(49)43-35-47(4)30-22-20-18-16-14-12-10-8-6-2/h23-28,32-33H,5-22,29-31,34-35H2,1-4H3,(H2,42,44,48)(H2,43,45,49). The zero-order valence-corrected chi connectivity index (χ0v) is 31.6. The minimum absolute atomic E-state index is 0.202. The molecule has 0 heterocycles. The molecule has 0 fully saturated rings. The molecule has 0 aliphatic carbocycles. The lowest BCUT2D eigenvalue weighted by atomic mass is 10.0. The van der Waals surface area contributed by atoms with Crippen molar-refractivity contribution in [1.29, 1.82) is 0 Å². The quantitative estimate of drug-likeness (QED) is 0.0533. The van der Waals surface area contributed by atoms with Crippen LogP contribution in [0.5, 0.6) is 0 Å². The van der Waals surface area contributed by atoms with E-state index in [1.54, 1.807) is 0 Å². The molecule has 49 heavy (non-hydrogen) atoms. The second-order valence-electron chi connectivity index (χ2n) is 14.0. The first-order chi connectivity index (χ1) is 23.9. The Morgan fingerprint density at radius 2 is 0.857 bits per heavy atom. The minimum Gasteiger partial charge on any atom is -0.325 e. The van der Waals surface area contributed by atoms with Gasteiger partial charge in [0.15, 0.2) is 0 Å². The van der Waals surface area contributed by atoms with Gasteiger partial charge in [-0.15, -0.1) is 0 Å². The summed E-state index contributed by atoms with van der Waals surface area (Å²) < 4.78 is 0. The highest BCUT2D eigenvalue weighted by molar-refractivity contribution is 5.89. The van der Waals surface area contributed by atoms with Gasteiger partial charge in [0.1, 0.15) is 0 Å². The molecule has 8 nitrogen and oxygen atoms in total. The van der Waals surface area contributed by atoms with E-state index < -0.39 is 0 Å². The number of rotatable bonds is 28. The lowest BCUT2D eigenvalue weighted by Gasteiger charge is -2.18. The summed E-state index contributed by atoms with van der Waals surface area (Å²) in [5, 5.41) is 11.9. The topological polar surface area (TPSA) is 88.7 Å². The number of carbonyl (C=O) groups is 2. The van der Waals surface area contributed by atoms with Gasteiger partial charge in [0.2, 0.25) is 0 Å². The van der Waals surface area contributed by atoms with Gasteiger partial charge in [0.05, 0.1) is 13.3 Å². The van der Waals surface area contributed by atoms with Crippen LogP contribution in [0.2, 0.25) is 0 Å². The van der Waals surface area contributed by atoms with Crippen molar-refractivity contribution in [2.24, 2.45) is 0 Å². The molecule has 0 unspecified atom stereocenters. The lowest BCUT2D eigenvalue weighted by Crippen LogP contribution is -2.38. The van der Waals surface area contributed by atoms with E-state index in [1.165, 1.54) is 103 Å². The summed E-state index contributed by atoms with van der Waals surface area (Å²) in [6.07, 6.45) is 24.4. The number of nitrogens with one attached hydrogen (secondary N) is 4. The molecule has 0 radical (unpaired) electrons. The van der Waals surface area contributed by atoms with Crippen LogP contribution in [0.1, 0.15) is 141 Å². The second-order valence-corrected chi connectivity index (χ2v) is 14.0. The van der Waals surface area contributed by atoms with Crippen molar-refractivity contribution in [2.45, 2.75) is 136 Å². The van der Waals surface area contributed by atoms with Crippen LogP contribution < -0.4 is 21.3 Å². The lowest BCUT2D eigenvalue weighted by molar-refractivity contribution is 0.239. The Morgan fingerprint density at radius 3 is 1.22 bits per heavy atom. The molecule has 0 atom stereocenters. The van der Waals surface area contributed by atoms with E-state index >= 15 is 0 Å². The third-order valence-electron chi connectivity index (χ3n) is 9.08. The maximum atomic E-state index is 12.6. The summed E-state index contributed by atoms with van der Waals surface area (Å²) >= 11 is 0. The largest absolute Gasteiger partial charge is 0.325 e. The van der Waals surface area contributed by atoms with E-state index in [0.29, 0.717) is 19.8 Å². The number of anilines is 2. The van der Waals surface area contributed by atoms with Crippen LogP contribution in [-0.4, -0.2) is 62.4 Å². The maximum Gasteiger partial charge on any atom is 0.320 e. The molecule has 2 aromatic rings. The predicted molar refractivity (Wildman–Crippen MR) is 209 cm³/mol. The van der Waals surface area contributed by atoms with Crippen molar-refractivity contribution in [3.8, 4) is 0 Å². The number of nitrogens with zero attached hydrogens (tertiary/aromatic N) is 2. The molecule has 0 bridgehead atoms. The van der Waals surface area contributed by atoms with Crippen molar-refractivity contribution in [3.05, 3.63) is 59.7 Å². The average molecular weight is 679 g/mol. The van der Waals surface area contributed by atoms with Crippen LogP contribution in [0.4, 0.5) is 21.0 Å².